The van der Waals surface area contributed by atoms with Crippen molar-refractivity contribution in [1.82, 2.24) is 5.32 Å². The highest BCUT2D eigenvalue weighted by atomic mass is 19.1. The number of carboxylic acid groups (broad SMARTS) is 1. The fourth-order valence-corrected chi connectivity index (χ4v) is 1.54. The van der Waals surface area contributed by atoms with Crippen molar-refractivity contribution in [1.29, 1.82) is 0 Å². The van der Waals surface area contributed by atoms with Crippen molar-refractivity contribution < 1.29 is 28.6 Å². The van der Waals surface area contributed by atoms with Crippen LogP contribution in [0.15, 0.2) is 18.2 Å². The van der Waals surface area contributed by atoms with Crippen LogP contribution in [0.1, 0.15) is 38.1 Å². The number of aromatic carboxylic acids is 1. The van der Waals surface area contributed by atoms with Crippen molar-refractivity contribution in [3.63, 3.8) is 0 Å². The summed E-state index contributed by atoms with van der Waals surface area (Å²) in [5, 5.41) is 13.4. The van der Waals surface area contributed by atoms with Gasteiger partial charge in [0, 0.05) is 0 Å². The van der Waals surface area contributed by atoms with E-state index in [1.807, 2.05) is 0 Å². The van der Waals surface area contributed by atoms with Crippen LogP contribution < -0.4 is 10.6 Å². The molecule has 0 aliphatic rings. The van der Waals surface area contributed by atoms with Crippen LogP contribution in [-0.4, -0.2) is 34.7 Å². The SMILES string of the molecule is CC(NC(=O)OC(C)(C)C)C(=O)Nc1cc(C(=O)O)ccc1F. The summed E-state index contributed by atoms with van der Waals surface area (Å²) in [6.45, 7) is 6.40. The Bertz CT molecular complexity index is 625. The average molecular weight is 326 g/mol. The Kier molecular flexibility index (Phi) is 5.67. The number of halogens is 1. The molecule has 3 N–H and O–H groups in total. The summed E-state index contributed by atoms with van der Waals surface area (Å²) in [5.41, 5.74) is -1.18. The van der Waals surface area contributed by atoms with Crippen LogP contribution in [0.25, 0.3) is 0 Å². The normalized spacial score (nSPS) is 12.2. The van der Waals surface area contributed by atoms with Gasteiger partial charge in [0.05, 0.1) is 11.3 Å². The Balaban J connectivity index is 2.74. The molecule has 0 bridgehead atoms. The molecule has 1 atom stereocenters. The minimum absolute atomic E-state index is 0.172. The molecule has 0 radical (unpaired) electrons. The van der Waals surface area contributed by atoms with Crippen LogP contribution in [0.4, 0.5) is 14.9 Å². The Labute approximate surface area is 132 Å². The maximum atomic E-state index is 13.6. The highest BCUT2D eigenvalue weighted by Crippen LogP contribution is 2.16. The van der Waals surface area contributed by atoms with Gasteiger partial charge >= 0.3 is 12.1 Å². The first-order valence-electron chi connectivity index (χ1n) is 6.83. The van der Waals surface area contributed by atoms with Crippen LogP contribution in [0.2, 0.25) is 0 Å². The number of nitrogens with one attached hydrogen (secondary N) is 2. The lowest BCUT2D eigenvalue weighted by Gasteiger charge is -2.21. The molecular formula is C15H19FN2O5. The molecule has 1 unspecified atom stereocenters. The third-order valence-corrected chi connectivity index (χ3v) is 2.60. The van der Waals surface area contributed by atoms with Crippen molar-refractivity contribution in [2.24, 2.45) is 0 Å². The van der Waals surface area contributed by atoms with E-state index in [0.29, 0.717) is 0 Å². The summed E-state index contributed by atoms with van der Waals surface area (Å²) in [6, 6.07) is 2.01. The number of carboxylic acids is 1. The van der Waals surface area contributed by atoms with Crippen LogP contribution in [0.3, 0.4) is 0 Å². The highest BCUT2D eigenvalue weighted by Gasteiger charge is 2.22. The lowest BCUT2D eigenvalue weighted by atomic mass is 10.2. The number of anilines is 1. The van der Waals surface area contributed by atoms with Crippen molar-refractivity contribution in [2.45, 2.75) is 39.3 Å². The van der Waals surface area contributed by atoms with E-state index in [0.717, 1.165) is 18.2 Å². The third kappa shape index (κ3) is 5.93. The van der Waals surface area contributed by atoms with E-state index in [-0.39, 0.29) is 11.3 Å². The molecule has 0 fully saturated rings. The van der Waals surface area contributed by atoms with Crippen LogP contribution in [0.5, 0.6) is 0 Å². The molecular weight excluding hydrogens is 307 g/mol. The van der Waals surface area contributed by atoms with Gasteiger partial charge in [0.1, 0.15) is 17.5 Å². The standard InChI is InChI=1S/C15H19FN2O5/c1-8(17-14(22)23-15(2,3)4)12(19)18-11-7-9(13(20)21)5-6-10(11)16/h5-8H,1-4H3,(H,17,22)(H,18,19)(H,20,21). The van der Waals surface area contributed by atoms with E-state index in [9.17, 15) is 18.8 Å². The number of hydrogen-bond donors (Lipinski definition) is 3. The molecule has 1 aromatic rings. The second-order valence-corrected chi connectivity index (χ2v) is 5.86. The topological polar surface area (TPSA) is 105 Å². The van der Waals surface area contributed by atoms with Crippen molar-refractivity contribution in [3.8, 4) is 0 Å². The number of benzene rings is 1. The zero-order valence-electron chi connectivity index (χ0n) is 13.3. The second kappa shape index (κ2) is 7.08. The Hall–Kier alpha value is -2.64. The molecule has 126 valence electrons. The summed E-state index contributed by atoms with van der Waals surface area (Å²) < 4.78 is 18.6. The van der Waals surface area contributed by atoms with Gasteiger partial charge in [-0.2, -0.15) is 0 Å². The zero-order chi connectivity index (χ0) is 17.8. The van der Waals surface area contributed by atoms with E-state index in [4.69, 9.17) is 9.84 Å². The molecule has 8 heteroatoms. The predicted molar refractivity (Wildman–Crippen MR) is 80.8 cm³/mol. The molecule has 2 amide bonds. The minimum Gasteiger partial charge on any atom is -0.478 e. The van der Waals surface area contributed by atoms with Crippen molar-refractivity contribution in [2.75, 3.05) is 5.32 Å². The fraction of sp³-hybridized carbons (Fsp3) is 0.400. The Morgan fingerprint density at radius 2 is 1.87 bits per heavy atom. The highest BCUT2D eigenvalue weighted by molar-refractivity contribution is 5.97. The number of hydrogen-bond acceptors (Lipinski definition) is 4. The number of amides is 2. The molecule has 0 aliphatic heterocycles. The largest absolute Gasteiger partial charge is 0.478 e. The molecule has 0 aromatic heterocycles. The molecule has 1 rings (SSSR count). The van der Waals surface area contributed by atoms with Crippen molar-refractivity contribution >= 4 is 23.7 Å². The maximum Gasteiger partial charge on any atom is 0.408 e. The lowest BCUT2D eigenvalue weighted by Crippen LogP contribution is -2.44. The molecule has 0 spiro atoms. The maximum absolute atomic E-state index is 13.6. The molecule has 1 aromatic carbocycles. The second-order valence-electron chi connectivity index (χ2n) is 5.86. The van der Waals surface area contributed by atoms with Gasteiger partial charge in [-0.05, 0) is 45.9 Å². The summed E-state index contributed by atoms with van der Waals surface area (Å²) in [4.78, 5) is 34.4. The summed E-state index contributed by atoms with van der Waals surface area (Å²) >= 11 is 0. The molecule has 0 saturated heterocycles. The Morgan fingerprint density at radius 3 is 2.39 bits per heavy atom. The minimum atomic E-state index is -1.25. The van der Waals surface area contributed by atoms with Gasteiger partial charge in [0.25, 0.3) is 0 Å². The van der Waals surface area contributed by atoms with Gasteiger partial charge in [0.15, 0.2) is 0 Å². The van der Waals surface area contributed by atoms with Crippen LogP contribution >= 0.6 is 0 Å². The zero-order valence-corrected chi connectivity index (χ0v) is 13.3. The average Bonchev–Trinajstić information content (AvgIpc) is 2.38. The summed E-state index contributed by atoms with van der Waals surface area (Å²) in [7, 11) is 0. The molecule has 0 saturated carbocycles. The van der Waals surface area contributed by atoms with Gasteiger partial charge in [-0.25, -0.2) is 14.0 Å². The number of carbonyl (C=O) groups is 3. The molecule has 0 heterocycles. The first-order chi connectivity index (χ1) is 10.5. The number of carbonyl (C=O) groups excluding carboxylic acids is 2. The van der Waals surface area contributed by atoms with Crippen LogP contribution in [0, 0.1) is 5.82 Å². The lowest BCUT2D eigenvalue weighted by molar-refractivity contribution is -0.117. The number of alkyl carbamates (subject to hydrolysis) is 1. The quantitative estimate of drug-likeness (QED) is 0.788. The molecule has 0 aliphatic carbocycles. The first kappa shape index (κ1) is 18.4. The van der Waals surface area contributed by atoms with E-state index in [1.165, 1.54) is 6.92 Å². The first-order valence-corrected chi connectivity index (χ1v) is 6.83. The van der Waals surface area contributed by atoms with E-state index >= 15 is 0 Å². The van der Waals surface area contributed by atoms with Crippen LogP contribution in [-0.2, 0) is 9.53 Å². The smallest absolute Gasteiger partial charge is 0.408 e. The van der Waals surface area contributed by atoms with Gasteiger partial charge in [-0.1, -0.05) is 0 Å². The fourth-order valence-electron chi connectivity index (χ4n) is 1.54. The van der Waals surface area contributed by atoms with E-state index in [1.54, 1.807) is 20.8 Å². The third-order valence-electron chi connectivity index (χ3n) is 2.60. The van der Waals surface area contributed by atoms with Crippen molar-refractivity contribution in [3.05, 3.63) is 29.6 Å². The Morgan fingerprint density at radius 1 is 1.26 bits per heavy atom. The van der Waals surface area contributed by atoms with Gasteiger partial charge in [-0.3, -0.25) is 4.79 Å². The van der Waals surface area contributed by atoms with Gasteiger partial charge in [-0.15, -0.1) is 0 Å². The predicted octanol–water partition coefficient (Wildman–Crippen LogP) is 2.38. The molecule has 7 nitrogen and oxygen atoms in total. The van der Waals surface area contributed by atoms with Gasteiger partial charge in [0.2, 0.25) is 5.91 Å². The summed E-state index contributed by atoms with van der Waals surface area (Å²) in [6.07, 6.45) is -0.792. The molecule has 23 heavy (non-hydrogen) atoms. The van der Waals surface area contributed by atoms with E-state index in [2.05, 4.69) is 10.6 Å². The monoisotopic (exact) mass is 326 g/mol. The van der Waals surface area contributed by atoms with E-state index < -0.39 is 35.4 Å². The summed E-state index contributed by atoms with van der Waals surface area (Å²) in [5.74, 6) is -2.74. The van der Waals surface area contributed by atoms with Gasteiger partial charge < -0.3 is 20.5 Å². The number of rotatable bonds is 4. The number of ether oxygens (including phenoxy) is 1.